The van der Waals surface area contributed by atoms with Gasteiger partial charge in [0.15, 0.2) is 19.0 Å². The summed E-state index contributed by atoms with van der Waals surface area (Å²) in [4.78, 5) is 23.4. The van der Waals surface area contributed by atoms with Crippen molar-refractivity contribution >= 4 is 11.9 Å². The lowest BCUT2D eigenvalue weighted by Crippen LogP contribution is -2.46. The van der Waals surface area contributed by atoms with Crippen molar-refractivity contribution in [3.63, 3.8) is 0 Å². The van der Waals surface area contributed by atoms with Gasteiger partial charge in [0.25, 0.3) is 5.91 Å². The Kier molecular flexibility index (Phi) is 4.38. The van der Waals surface area contributed by atoms with Crippen LogP contribution in [0.5, 0.6) is 0 Å². The minimum atomic E-state index is -0.829. The van der Waals surface area contributed by atoms with Crippen LogP contribution in [-0.4, -0.2) is 24.0 Å². The lowest BCUT2D eigenvalue weighted by molar-refractivity contribution is -0.605. The molecule has 1 aliphatic rings. The molecule has 1 saturated carbocycles. The number of esters is 1. The van der Waals surface area contributed by atoms with Gasteiger partial charge < -0.3 is 15.3 Å². The van der Waals surface area contributed by atoms with Crippen LogP contribution < -0.4 is 10.0 Å². The number of rotatable bonds is 4. The van der Waals surface area contributed by atoms with Gasteiger partial charge in [0.2, 0.25) is 0 Å². The van der Waals surface area contributed by atoms with Crippen LogP contribution in [0.4, 0.5) is 0 Å². The molecular formula is C14H15N3O4. The molecule has 0 aromatic carbocycles. The zero-order chi connectivity index (χ0) is 15.3. The first-order chi connectivity index (χ1) is 10.0. The molecule has 0 saturated heterocycles. The minimum Gasteiger partial charge on any atom is -0.619 e. The fourth-order valence-corrected chi connectivity index (χ4v) is 2.31. The summed E-state index contributed by atoms with van der Waals surface area (Å²) in [6.45, 7) is -0.450. The van der Waals surface area contributed by atoms with Gasteiger partial charge in [-0.2, -0.15) is 9.99 Å². The Morgan fingerprint density at radius 2 is 2.00 bits per heavy atom. The fourth-order valence-electron chi connectivity index (χ4n) is 2.31. The van der Waals surface area contributed by atoms with Crippen molar-refractivity contribution in [3.8, 4) is 6.07 Å². The molecule has 0 radical (unpaired) electrons. The maximum Gasteiger partial charge on any atom is 0.339 e. The highest BCUT2D eigenvalue weighted by Crippen LogP contribution is 2.28. The number of amides is 1. The third kappa shape index (κ3) is 3.69. The molecule has 7 nitrogen and oxygen atoms in total. The molecule has 1 fully saturated rings. The molecule has 2 rings (SSSR count). The summed E-state index contributed by atoms with van der Waals surface area (Å²) in [5.74, 6) is -1.19. The highest BCUT2D eigenvalue weighted by molar-refractivity contribution is 5.91. The van der Waals surface area contributed by atoms with Crippen LogP contribution in [0.25, 0.3) is 0 Å². The number of hydrogen-bond donors (Lipinski definition) is 1. The van der Waals surface area contributed by atoms with Gasteiger partial charge >= 0.3 is 5.97 Å². The average molecular weight is 289 g/mol. The van der Waals surface area contributed by atoms with Gasteiger partial charge in [-0.25, -0.2) is 4.79 Å². The highest BCUT2D eigenvalue weighted by Gasteiger charge is 2.35. The fraction of sp³-hybridized carbons (Fsp3) is 0.429. The number of carbonyl (C=O) groups is 2. The molecule has 1 N–H and O–H groups in total. The molecule has 7 heteroatoms. The van der Waals surface area contributed by atoms with Crippen LogP contribution in [0.1, 0.15) is 36.0 Å². The summed E-state index contributed by atoms with van der Waals surface area (Å²) in [5.41, 5.74) is -0.643. The number of hydrogen-bond acceptors (Lipinski definition) is 5. The standard InChI is InChI=1S/C14H15N3O4/c15-10-14(5-1-2-6-14)16-12(18)9-21-13(19)11-3-7-17(20)8-4-11/h3-4,7-8H,1-2,5-6,9H2,(H,16,18). The topological polar surface area (TPSA) is 106 Å². The maximum absolute atomic E-state index is 11.8. The van der Waals surface area contributed by atoms with E-state index in [2.05, 4.69) is 11.4 Å². The van der Waals surface area contributed by atoms with Crippen LogP contribution >= 0.6 is 0 Å². The number of carbonyl (C=O) groups excluding carboxylic acids is 2. The third-order valence-electron chi connectivity index (χ3n) is 3.42. The van der Waals surface area contributed by atoms with Crippen molar-refractivity contribution in [2.45, 2.75) is 31.2 Å². The minimum absolute atomic E-state index is 0.186. The summed E-state index contributed by atoms with van der Waals surface area (Å²) >= 11 is 0. The molecule has 1 aromatic rings. The van der Waals surface area contributed by atoms with Crippen LogP contribution in [0.15, 0.2) is 24.5 Å². The van der Waals surface area contributed by atoms with Crippen molar-refractivity contribution in [2.24, 2.45) is 0 Å². The maximum atomic E-state index is 11.8. The second kappa shape index (κ2) is 6.22. The summed E-state index contributed by atoms with van der Waals surface area (Å²) < 4.78 is 5.40. The molecule has 1 aromatic heterocycles. The van der Waals surface area contributed by atoms with E-state index in [0.717, 1.165) is 12.8 Å². The SMILES string of the molecule is N#CC1(NC(=O)COC(=O)c2cc[n+]([O-])cc2)CCCC1. The zero-order valence-electron chi connectivity index (χ0n) is 11.4. The van der Waals surface area contributed by atoms with Crippen LogP contribution in [0.3, 0.4) is 0 Å². The normalized spacial score (nSPS) is 16.0. The van der Waals surface area contributed by atoms with Crippen LogP contribution in [0, 0.1) is 16.5 Å². The van der Waals surface area contributed by atoms with Gasteiger partial charge in [0, 0.05) is 12.1 Å². The first kappa shape index (κ1) is 14.8. The van der Waals surface area contributed by atoms with E-state index in [1.165, 1.54) is 24.5 Å². The van der Waals surface area contributed by atoms with Crippen molar-refractivity contribution in [1.82, 2.24) is 5.32 Å². The molecule has 1 aliphatic carbocycles. The van der Waals surface area contributed by atoms with Crippen molar-refractivity contribution in [1.29, 1.82) is 5.26 Å². The first-order valence-corrected chi connectivity index (χ1v) is 6.63. The second-order valence-electron chi connectivity index (χ2n) is 4.97. The quantitative estimate of drug-likeness (QED) is 0.491. The van der Waals surface area contributed by atoms with Crippen molar-refractivity contribution in [2.75, 3.05) is 6.61 Å². The number of aromatic nitrogens is 1. The Hall–Kier alpha value is -2.62. The number of nitrogens with one attached hydrogen (secondary N) is 1. The van der Waals surface area contributed by atoms with E-state index in [0.29, 0.717) is 17.6 Å². The van der Waals surface area contributed by atoms with E-state index in [9.17, 15) is 14.8 Å². The lowest BCUT2D eigenvalue weighted by atomic mass is 10.00. The van der Waals surface area contributed by atoms with E-state index in [1.807, 2.05) is 0 Å². The van der Waals surface area contributed by atoms with E-state index < -0.39 is 24.0 Å². The lowest BCUT2D eigenvalue weighted by Gasteiger charge is -2.21. The van der Waals surface area contributed by atoms with Gasteiger partial charge in [-0.1, -0.05) is 0 Å². The number of ether oxygens (including phenoxy) is 1. The molecule has 0 spiro atoms. The third-order valence-corrected chi connectivity index (χ3v) is 3.42. The Labute approximate surface area is 121 Å². The Bertz CT molecular complexity index is 571. The molecule has 0 atom stereocenters. The summed E-state index contributed by atoms with van der Waals surface area (Å²) in [7, 11) is 0. The summed E-state index contributed by atoms with van der Waals surface area (Å²) in [5, 5.41) is 22.6. The van der Waals surface area contributed by atoms with E-state index in [1.54, 1.807) is 0 Å². The first-order valence-electron chi connectivity index (χ1n) is 6.63. The molecule has 21 heavy (non-hydrogen) atoms. The molecule has 110 valence electrons. The smallest absolute Gasteiger partial charge is 0.339 e. The zero-order valence-corrected chi connectivity index (χ0v) is 11.4. The number of nitrogens with zero attached hydrogens (tertiary/aromatic N) is 2. The average Bonchev–Trinajstić information content (AvgIpc) is 2.94. The summed E-state index contributed by atoms with van der Waals surface area (Å²) in [6, 6.07) is 4.74. The van der Waals surface area contributed by atoms with Crippen molar-refractivity contribution in [3.05, 3.63) is 35.3 Å². The molecule has 0 unspecified atom stereocenters. The molecular weight excluding hydrogens is 274 g/mol. The number of pyridine rings is 1. The molecule has 1 heterocycles. The Balaban J connectivity index is 1.85. The summed E-state index contributed by atoms with van der Waals surface area (Å²) in [6.07, 6.45) is 5.36. The Morgan fingerprint density at radius 3 is 2.57 bits per heavy atom. The highest BCUT2D eigenvalue weighted by atomic mass is 16.5. The van der Waals surface area contributed by atoms with Gasteiger partial charge in [-0.3, -0.25) is 4.79 Å². The molecule has 0 bridgehead atoms. The Morgan fingerprint density at radius 1 is 1.38 bits per heavy atom. The van der Waals surface area contributed by atoms with E-state index in [4.69, 9.17) is 10.00 Å². The second-order valence-corrected chi connectivity index (χ2v) is 4.97. The monoisotopic (exact) mass is 289 g/mol. The molecule has 0 aliphatic heterocycles. The van der Waals surface area contributed by atoms with Gasteiger partial charge in [-0.05, 0) is 25.7 Å². The number of nitriles is 1. The van der Waals surface area contributed by atoms with E-state index >= 15 is 0 Å². The van der Waals surface area contributed by atoms with Gasteiger partial charge in [-0.15, -0.1) is 0 Å². The predicted octanol–water partition coefficient (Wildman–Crippen LogP) is 0.429. The van der Waals surface area contributed by atoms with Crippen LogP contribution in [-0.2, 0) is 9.53 Å². The predicted molar refractivity (Wildman–Crippen MR) is 70.6 cm³/mol. The van der Waals surface area contributed by atoms with E-state index in [-0.39, 0.29) is 5.56 Å². The van der Waals surface area contributed by atoms with Crippen molar-refractivity contribution < 1.29 is 19.1 Å². The van der Waals surface area contributed by atoms with Gasteiger partial charge in [0.05, 0.1) is 11.6 Å². The van der Waals surface area contributed by atoms with Gasteiger partial charge in [0.1, 0.15) is 5.54 Å². The largest absolute Gasteiger partial charge is 0.619 e. The van der Waals surface area contributed by atoms with Crippen LogP contribution in [0.2, 0.25) is 0 Å². The molecule has 1 amide bonds.